The molecule has 4 heteroatoms. The Hall–Kier alpha value is -2.33. The highest BCUT2D eigenvalue weighted by Crippen LogP contribution is 2.28. The highest BCUT2D eigenvalue weighted by Gasteiger charge is 2.25. The predicted molar refractivity (Wildman–Crippen MR) is 116 cm³/mol. The van der Waals surface area contributed by atoms with Gasteiger partial charge in [0.15, 0.2) is 0 Å². The summed E-state index contributed by atoms with van der Waals surface area (Å²) in [5, 5.41) is 3.68. The van der Waals surface area contributed by atoms with Gasteiger partial charge >= 0.3 is 0 Å². The summed E-state index contributed by atoms with van der Waals surface area (Å²) < 4.78 is 5.95. The van der Waals surface area contributed by atoms with Gasteiger partial charge in [-0.2, -0.15) is 0 Å². The SMILES string of the molecule is Cc1cccc(COc2cccc(CC(=O)N3CCC(NCC4CC4)CC3)c2)c1. The topological polar surface area (TPSA) is 41.6 Å². The molecule has 2 aliphatic rings. The molecule has 4 rings (SSSR count). The first-order chi connectivity index (χ1) is 14.2. The van der Waals surface area contributed by atoms with Crippen LogP contribution < -0.4 is 10.1 Å². The van der Waals surface area contributed by atoms with Crippen LogP contribution in [0.3, 0.4) is 0 Å². The fraction of sp³-hybridized carbons (Fsp3) is 0.480. The van der Waals surface area contributed by atoms with Crippen molar-refractivity contribution in [1.29, 1.82) is 0 Å². The number of nitrogens with one attached hydrogen (secondary N) is 1. The van der Waals surface area contributed by atoms with Gasteiger partial charge in [0, 0.05) is 19.1 Å². The van der Waals surface area contributed by atoms with Crippen molar-refractivity contribution in [3.8, 4) is 5.75 Å². The minimum Gasteiger partial charge on any atom is -0.489 e. The molecule has 1 aliphatic carbocycles. The number of nitrogens with zero attached hydrogens (tertiary/aromatic N) is 1. The zero-order chi connectivity index (χ0) is 20.1. The molecule has 154 valence electrons. The maximum absolute atomic E-state index is 12.7. The van der Waals surface area contributed by atoms with Crippen LogP contribution in [0.5, 0.6) is 5.75 Å². The second-order valence-electron chi connectivity index (χ2n) is 8.61. The Kier molecular flexibility index (Phi) is 6.50. The zero-order valence-corrected chi connectivity index (χ0v) is 17.4. The molecule has 4 nitrogen and oxygen atoms in total. The van der Waals surface area contributed by atoms with Crippen molar-refractivity contribution in [2.75, 3.05) is 19.6 Å². The first-order valence-corrected chi connectivity index (χ1v) is 10.9. The van der Waals surface area contributed by atoms with E-state index in [0.29, 0.717) is 19.1 Å². The average Bonchev–Trinajstić information content (AvgIpc) is 3.56. The number of likely N-dealkylation sites (tertiary alicyclic amines) is 1. The van der Waals surface area contributed by atoms with Crippen LogP contribution in [0.25, 0.3) is 0 Å². The van der Waals surface area contributed by atoms with Gasteiger partial charge in [0.05, 0.1) is 6.42 Å². The summed E-state index contributed by atoms with van der Waals surface area (Å²) >= 11 is 0. The van der Waals surface area contributed by atoms with Gasteiger partial charge in [-0.3, -0.25) is 4.79 Å². The number of aryl methyl sites for hydroxylation is 1. The standard InChI is InChI=1S/C25H32N2O2/c1-19-4-2-6-22(14-19)18-29-24-7-3-5-21(15-24)16-25(28)27-12-10-23(11-13-27)26-17-20-8-9-20/h2-7,14-15,20,23,26H,8-13,16-18H2,1H3. The van der Waals surface area contributed by atoms with Gasteiger partial charge in [-0.15, -0.1) is 0 Å². The molecule has 1 N–H and O–H groups in total. The van der Waals surface area contributed by atoms with Crippen molar-refractivity contribution >= 4 is 5.91 Å². The molecular weight excluding hydrogens is 360 g/mol. The minimum absolute atomic E-state index is 0.224. The minimum atomic E-state index is 0.224. The fourth-order valence-corrected chi connectivity index (χ4v) is 3.99. The Balaban J connectivity index is 1.24. The van der Waals surface area contributed by atoms with E-state index < -0.39 is 0 Å². The lowest BCUT2D eigenvalue weighted by molar-refractivity contribution is -0.131. The Bertz CT molecular complexity index is 823. The maximum Gasteiger partial charge on any atom is 0.226 e. The van der Waals surface area contributed by atoms with Gasteiger partial charge in [-0.05, 0) is 68.3 Å². The highest BCUT2D eigenvalue weighted by atomic mass is 16.5. The largest absolute Gasteiger partial charge is 0.489 e. The van der Waals surface area contributed by atoms with E-state index in [2.05, 4.69) is 30.4 Å². The monoisotopic (exact) mass is 392 g/mol. The summed E-state index contributed by atoms with van der Waals surface area (Å²) in [6, 6.07) is 16.9. The van der Waals surface area contributed by atoms with Crippen LogP contribution in [-0.2, 0) is 17.8 Å². The first kappa shape index (κ1) is 20.0. The Labute approximate surface area is 174 Å². The van der Waals surface area contributed by atoms with Crippen LogP contribution in [0.2, 0.25) is 0 Å². The summed E-state index contributed by atoms with van der Waals surface area (Å²) in [6.07, 6.45) is 5.36. The second-order valence-corrected chi connectivity index (χ2v) is 8.61. The van der Waals surface area contributed by atoms with Gasteiger partial charge < -0.3 is 15.0 Å². The second kappa shape index (κ2) is 9.45. The van der Waals surface area contributed by atoms with E-state index in [9.17, 15) is 4.79 Å². The van der Waals surface area contributed by atoms with Gasteiger partial charge in [0.25, 0.3) is 0 Å². The van der Waals surface area contributed by atoms with Crippen LogP contribution in [0, 0.1) is 12.8 Å². The number of hydrogen-bond donors (Lipinski definition) is 1. The molecule has 0 unspecified atom stereocenters. The number of amides is 1. The van der Waals surface area contributed by atoms with Gasteiger partial charge in [0.1, 0.15) is 12.4 Å². The zero-order valence-electron chi connectivity index (χ0n) is 17.4. The summed E-state index contributed by atoms with van der Waals surface area (Å²) in [5.41, 5.74) is 3.41. The van der Waals surface area contributed by atoms with Crippen molar-refractivity contribution in [3.63, 3.8) is 0 Å². The maximum atomic E-state index is 12.7. The molecule has 2 fully saturated rings. The third-order valence-electron chi connectivity index (χ3n) is 5.98. The van der Waals surface area contributed by atoms with E-state index >= 15 is 0 Å². The molecule has 29 heavy (non-hydrogen) atoms. The number of rotatable bonds is 8. The Morgan fingerprint density at radius 3 is 2.55 bits per heavy atom. The number of carbonyl (C=O) groups is 1. The lowest BCUT2D eigenvalue weighted by atomic mass is 10.0. The van der Waals surface area contributed by atoms with E-state index in [1.807, 2.05) is 35.2 Å². The van der Waals surface area contributed by atoms with Gasteiger partial charge in [0.2, 0.25) is 5.91 Å². The van der Waals surface area contributed by atoms with Crippen LogP contribution in [0.1, 0.15) is 42.4 Å². The van der Waals surface area contributed by atoms with Crippen LogP contribution in [0.4, 0.5) is 0 Å². The molecule has 1 heterocycles. The third-order valence-corrected chi connectivity index (χ3v) is 5.98. The normalized spacial score (nSPS) is 17.3. The third kappa shape index (κ3) is 6.07. The van der Waals surface area contributed by atoms with E-state index in [0.717, 1.165) is 55.3 Å². The van der Waals surface area contributed by atoms with Crippen LogP contribution in [0.15, 0.2) is 48.5 Å². The van der Waals surface area contributed by atoms with Crippen LogP contribution >= 0.6 is 0 Å². The lowest BCUT2D eigenvalue weighted by Gasteiger charge is -2.32. The van der Waals surface area contributed by atoms with E-state index in [-0.39, 0.29) is 5.91 Å². The van der Waals surface area contributed by atoms with E-state index in [1.165, 1.54) is 18.4 Å². The number of benzene rings is 2. The van der Waals surface area contributed by atoms with Crippen molar-refractivity contribution in [1.82, 2.24) is 10.2 Å². The molecule has 1 saturated carbocycles. The van der Waals surface area contributed by atoms with Crippen molar-refractivity contribution in [2.24, 2.45) is 5.92 Å². The summed E-state index contributed by atoms with van der Waals surface area (Å²) in [7, 11) is 0. The number of hydrogen-bond acceptors (Lipinski definition) is 3. The molecular formula is C25H32N2O2. The molecule has 1 amide bonds. The van der Waals surface area contributed by atoms with E-state index in [1.54, 1.807) is 0 Å². The molecule has 2 aromatic carbocycles. The molecule has 1 aliphatic heterocycles. The number of carbonyl (C=O) groups excluding carboxylic acids is 1. The summed E-state index contributed by atoms with van der Waals surface area (Å²) in [6.45, 7) is 5.52. The Morgan fingerprint density at radius 1 is 1.03 bits per heavy atom. The van der Waals surface area contributed by atoms with Gasteiger partial charge in [-0.1, -0.05) is 42.0 Å². The predicted octanol–water partition coefficient (Wildman–Crippen LogP) is 4.11. The number of piperidine rings is 1. The molecule has 0 aromatic heterocycles. The quantitative estimate of drug-likeness (QED) is 0.735. The fourth-order valence-electron chi connectivity index (χ4n) is 3.99. The average molecular weight is 393 g/mol. The van der Waals surface area contributed by atoms with Crippen molar-refractivity contribution in [3.05, 3.63) is 65.2 Å². The van der Waals surface area contributed by atoms with Crippen molar-refractivity contribution in [2.45, 2.75) is 51.7 Å². The molecule has 0 bridgehead atoms. The highest BCUT2D eigenvalue weighted by molar-refractivity contribution is 5.79. The molecule has 2 aromatic rings. The Morgan fingerprint density at radius 2 is 1.79 bits per heavy atom. The smallest absolute Gasteiger partial charge is 0.226 e. The summed E-state index contributed by atoms with van der Waals surface area (Å²) in [4.78, 5) is 14.8. The number of ether oxygens (including phenoxy) is 1. The molecule has 1 saturated heterocycles. The van der Waals surface area contributed by atoms with Gasteiger partial charge in [-0.25, -0.2) is 0 Å². The molecule has 0 atom stereocenters. The molecule has 0 spiro atoms. The van der Waals surface area contributed by atoms with E-state index in [4.69, 9.17) is 4.74 Å². The molecule has 0 radical (unpaired) electrons. The van der Waals surface area contributed by atoms with Crippen molar-refractivity contribution < 1.29 is 9.53 Å². The van der Waals surface area contributed by atoms with Crippen LogP contribution in [-0.4, -0.2) is 36.5 Å². The first-order valence-electron chi connectivity index (χ1n) is 10.9. The summed E-state index contributed by atoms with van der Waals surface area (Å²) in [5.74, 6) is 1.95. The lowest BCUT2D eigenvalue weighted by Crippen LogP contribution is -2.45.